The minimum atomic E-state index is -0.414. The minimum Gasteiger partial charge on any atom is -0.288 e. The first kappa shape index (κ1) is 13.3. The lowest BCUT2D eigenvalue weighted by atomic mass is 10.2. The molecule has 19 heavy (non-hydrogen) atoms. The van der Waals surface area contributed by atoms with Gasteiger partial charge in [-0.3, -0.25) is 9.78 Å². The Morgan fingerprint density at radius 1 is 1.47 bits per heavy atom. The van der Waals surface area contributed by atoms with Crippen LogP contribution in [-0.4, -0.2) is 21.4 Å². The standard InChI is InChI=1S/C11H9BrFN5O/c1-6-10(19)15-11(18-16-6)17-14-5-7-2-3-8(12)4-9(7)13/h2-5H,1H3,(H2,15,17,18,19)/b14-5-. The van der Waals surface area contributed by atoms with Gasteiger partial charge in [-0.05, 0) is 25.1 Å². The fraction of sp³-hybridized carbons (Fsp3) is 0.0909. The van der Waals surface area contributed by atoms with Crippen molar-refractivity contribution in [3.63, 3.8) is 0 Å². The first-order valence-electron chi connectivity index (χ1n) is 5.24. The highest BCUT2D eigenvalue weighted by Gasteiger charge is 2.00. The predicted octanol–water partition coefficient (Wildman–Crippen LogP) is 1.82. The maximum atomic E-state index is 13.5. The number of nitrogens with zero attached hydrogens (tertiary/aromatic N) is 3. The normalized spacial score (nSPS) is 10.9. The summed E-state index contributed by atoms with van der Waals surface area (Å²) < 4.78 is 14.1. The summed E-state index contributed by atoms with van der Waals surface area (Å²) in [6, 6.07) is 4.58. The Morgan fingerprint density at radius 2 is 2.26 bits per heavy atom. The van der Waals surface area contributed by atoms with Crippen molar-refractivity contribution in [1.82, 2.24) is 15.2 Å². The number of hydrazone groups is 1. The van der Waals surface area contributed by atoms with Gasteiger partial charge in [-0.15, -0.1) is 10.2 Å². The highest BCUT2D eigenvalue weighted by atomic mass is 79.9. The number of aromatic amines is 1. The van der Waals surface area contributed by atoms with Crippen LogP contribution in [0.25, 0.3) is 0 Å². The van der Waals surface area contributed by atoms with Crippen LogP contribution in [0.15, 0.2) is 32.6 Å². The largest absolute Gasteiger partial charge is 0.288 e. The van der Waals surface area contributed by atoms with Gasteiger partial charge >= 0.3 is 0 Å². The molecule has 8 heteroatoms. The molecule has 0 amide bonds. The first-order valence-corrected chi connectivity index (χ1v) is 6.03. The smallest absolute Gasteiger partial charge is 0.274 e. The third-order valence-electron chi connectivity index (χ3n) is 2.20. The number of rotatable bonds is 3. The monoisotopic (exact) mass is 325 g/mol. The van der Waals surface area contributed by atoms with E-state index in [2.05, 4.69) is 41.6 Å². The van der Waals surface area contributed by atoms with Gasteiger partial charge in [0.25, 0.3) is 5.56 Å². The molecule has 0 spiro atoms. The van der Waals surface area contributed by atoms with E-state index < -0.39 is 5.82 Å². The zero-order chi connectivity index (χ0) is 13.8. The molecular weight excluding hydrogens is 317 g/mol. The van der Waals surface area contributed by atoms with Gasteiger partial charge in [-0.1, -0.05) is 15.9 Å². The van der Waals surface area contributed by atoms with Gasteiger partial charge < -0.3 is 0 Å². The van der Waals surface area contributed by atoms with E-state index in [1.807, 2.05) is 0 Å². The van der Waals surface area contributed by atoms with Crippen molar-refractivity contribution in [3.8, 4) is 0 Å². The van der Waals surface area contributed by atoms with Gasteiger partial charge in [-0.2, -0.15) is 5.10 Å². The van der Waals surface area contributed by atoms with Crippen LogP contribution in [0.3, 0.4) is 0 Å². The molecule has 0 bridgehead atoms. The van der Waals surface area contributed by atoms with Gasteiger partial charge in [-0.25, -0.2) is 9.82 Å². The summed E-state index contributed by atoms with van der Waals surface area (Å²) in [5, 5.41) is 11.1. The number of benzene rings is 1. The number of hydrogen-bond acceptors (Lipinski definition) is 5. The predicted molar refractivity (Wildman–Crippen MR) is 72.7 cm³/mol. The van der Waals surface area contributed by atoms with Crippen LogP contribution >= 0.6 is 15.9 Å². The van der Waals surface area contributed by atoms with E-state index in [-0.39, 0.29) is 17.2 Å². The molecule has 0 atom stereocenters. The molecule has 0 aliphatic carbocycles. The molecule has 0 unspecified atom stereocenters. The van der Waals surface area contributed by atoms with E-state index in [9.17, 15) is 9.18 Å². The van der Waals surface area contributed by atoms with Crippen LogP contribution in [0.4, 0.5) is 10.3 Å². The Balaban J connectivity index is 2.11. The molecule has 0 aliphatic heterocycles. The minimum absolute atomic E-state index is 0.0874. The fourth-order valence-electron chi connectivity index (χ4n) is 1.21. The van der Waals surface area contributed by atoms with Gasteiger partial charge in [0.1, 0.15) is 11.5 Å². The Labute approximate surface area is 115 Å². The van der Waals surface area contributed by atoms with Crippen molar-refractivity contribution in [2.45, 2.75) is 6.92 Å². The second kappa shape index (κ2) is 5.70. The zero-order valence-corrected chi connectivity index (χ0v) is 11.4. The second-order valence-corrected chi connectivity index (χ2v) is 4.54. The number of halogens is 2. The average Bonchev–Trinajstić information content (AvgIpc) is 2.36. The summed E-state index contributed by atoms with van der Waals surface area (Å²) in [5.74, 6) is -0.326. The molecule has 0 saturated carbocycles. The Morgan fingerprint density at radius 3 is 2.95 bits per heavy atom. The van der Waals surface area contributed by atoms with Crippen LogP contribution in [0, 0.1) is 12.7 Å². The fourth-order valence-corrected chi connectivity index (χ4v) is 1.55. The van der Waals surface area contributed by atoms with Crippen molar-refractivity contribution in [2.24, 2.45) is 5.10 Å². The second-order valence-electron chi connectivity index (χ2n) is 3.62. The molecule has 0 saturated heterocycles. The molecular formula is C11H9BrFN5O. The third-order valence-corrected chi connectivity index (χ3v) is 2.69. The molecule has 2 aromatic rings. The summed E-state index contributed by atoms with van der Waals surface area (Å²) in [6.07, 6.45) is 1.28. The van der Waals surface area contributed by atoms with E-state index in [0.717, 1.165) is 0 Å². The summed E-state index contributed by atoms with van der Waals surface area (Å²) in [7, 11) is 0. The number of nitrogens with one attached hydrogen (secondary N) is 2. The number of aryl methyl sites for hydroxylation is 1. The third kappa shape index (κ3) is 3.44. The van der Waals surface area contributed by atoms with Crippen LogP contribution < -0.4 is 11.0 Å². The van der Waals surface area contributed by atoms with E-state index in [0.29, 0.717) is 10.0 Å². The van der Waals surface area contributed by atoms with E-state index >= 15 is 0 Å². The van der Waals surface area contributed by atoms with Gasteiger partial charge in [0.15, 0.2) is 0 Å². The summed E-state index contributed by atoms with van der Waals surface area (Å²) in [4.78, 5) is 13.7. The lowest BCUT2D eigenvalue weighted by molar-refractivity contribution is 0.625. The number of hydrogen-bond donors (Lipinski definition) is 2. The van der Waals surface area contributed by atoms with Crippen molar-refractivity contribution >= 4 is 28.1 Å². The lowest BCUT2D eigenvalue weighted by Crippen LogP contribution is -2.15. The number of aromatic nitrogens is 3. The van der Waals surface area contributed by atoms with Crippen molar-refractivity contribution in [3.05, 3.63) is 50.1 Å². The van der Waals surface area contributed by atoms with Crippen molar-refractivity contribution < 1.29 is 4.39 Å². The number of anilines is 1. The molecule has 2 N–H and O–H groups in total. The quantitative estimate of drug-likeness (QED) is 0.666. The molecule has 6 nitrogen and oxygen atoms in total. The molecule has 0 radical (unpaired) electrons. The molecule has 1 aromatic heterocycles. The number of H-pyrrole nitrogens is 1. The Hall–Kier alpha value is -2.09. The highest BCUT2D eigenvalue weighted by molar-refractivity contribution is 9.10. The summed E-state index contributed by atoms with van der Waals surface area (Å²) in [6.45, 7) is 1.54. The maximum Gasteiger partial charge on any atom is 0.274 e. The molecule has 1 heterocycles. The Kier molecular flexibility index (Phi) is 4.00. The van der Waals surface area contributed by atoms with Crippen LogP contribution in [0.1, 0.15) is 11.3 Å². The summed E-state index contributed by atoms with van der Waals surface area (Å²) in [5.41, 5.74) is 2.67. The van der Waals surface area contributed by atoms with E-state index in [1.165, 1.54) is 19.2 Å². The topological polar surface area (TPSA) is 83.0 Å². The summed E-state index contributed by atoms with van der Waals surface area (Å²) >= 11 is 3.16. The molecule has 0 fully saturated rings. The molecule has 2 rings (SSSR count). The van der Waals surface area contributed by atoms with Crippen molar-refractivity contribution in [1.29, 1.82) is 0 Å². The SMILES string of the molecule is Cc1nnc(N/N=C\c2ccc(Br)cc2F)[nH]c1=O. The maximum absolute atomic E-state index is 13.5. The molecule has 1 aromatic carbocycles. The first-order chi connectivity index (χ1) is 9.06. The zero-order valence-electron chi connectivity index (χ0n) is 9.82. The average molecular weight is 326 g/mol. The van der Waals surface area contributed by atoms with E-state index in [4.69, 9.17) is 0 Å². The Bertz CT molecular complexity index is 685. The highest BCUT2D eigenvalue weighted by Crippen LogP contribution is 2.13. The lowest BCUT2D eigenvalue weighted by Gasteiger charge is -1.99. The van der Waals surface area contributed by atoms with Crippen LogP contribution in [0.5, 0.6) is 0 Å². The van der Waals surface area contributed by atoms with Crippen molar-refractivity contribution in [2.75, 3.05) is 5.43 Å². The molecule has 0 aliphatic rings. The van der Waals surface area contributed by atoms with Crippen LogP contribution in [0.2, 0.25) is 0 Å². The van der Waals surface area contributed by atoms with Gasteiger partial charge in [0, 0.05) is 10.0 Å². The molecule has 98 valence electrons. The van der Waals surface area contributed by atoms with Gasteiger partial charge in [0.05, 0.1) is 6.21 Å². The van der Waals surface area contributed by atoms with Gasteiger partial charge in [0.2, 0.25) is 5.95 Å². The van der Waals surface area contributed by atoms with E-state index in [1.54, 1.807) is 12.1 Å². The van der Waals surface area contributed by atoms with Crippen LogP contribution in [-0.2, 0) is 0 Å².